The molecule has 1 aliphatic rings. The monoisotopic (exact) mass is 467 g/mol. The summed E-state index contributed by atoms with van der Waals surface area (Å²) in [4.78, 5) is 26.8. The molecular formula is C20H26ClN5O2S2. The number of halogens is 1. The van der Waals surface area contributed by atoms with Crippen LogP contribution in [0.25, 0.3) is 0 Å². The molecule has 162 valence electrons. The van der Waals surface area contributed by atoms with Crippen molar-refractivity contribution >= 4 is 52.2 Å². The number of nitrogens with one attached hydrogen (secondary N) is 2. The van der Waals surface area contributed by atoms with Gasteiger partial charge in [-0.1, -0.05) is 53.6 Å². The fourth-order valence-corrected chi connectivity index (χ4v) is 4.95. The molecule has 2 aromatic rings. The van der Waals surface area contributed by atoms with Gasteiger partial charge >= 0.3 is 0 Å². The quantitative estimate of drug-likeness (QED) is 0.429. The standard InChI is InChI=1S/C20H26ClN5O2S2/c21-15-7-5-8-16(13-15)23-18(28)19-24-25-20(30-19)29-14-17(27)22-9-6-12-26-10-3-1-2-4-11-26/h5,7-8,13H,1-4,6,9-12,14H2,(H,22,27)(H,23,28). The Bertz CT molecular complexity index is 840. The summed E-state index contributed by atoms with van der Waals surface area (Å²) >= 11 is 8.37. The molecule has 3 rings (SSSR count). The Labute approximate surface area is 190 Å². The number of benzene rings is 1. The van der Waals surface area contributed by atoms with Crippen LogP contribution >= 0.6 is 34.7 Å². The number of carbonyl (C=O) groups is 2. The van der Waals surface area contributed by atoms with Gasteiger partial charge in [0.15, 0.2) is 4.34 Å². The Kier molecular flexibility index (Phi) is 9.38. The second-order valence-corrected chi connectivity index (χ2v) is 9.72. The van der Waals surface area contributed by atoms with Crippen LogP contribution in [0, 0.1) is 0 Å². The second-order valence-electron chi connectivity index (χ2n) is 7.09. The highest BCUT2D eigenvalue weighted by molar-refractivity contribution is 8.01. The molecular weight excluding hydrogens is 442 g/mol. The third kappa shape index (κ3) is 7.86. The average molecular weight is 468 g/mol. The average Bonchev–Trinajstić information content (AvgIpc) is 3.06. The van der Waals surface area contributed by atoms with Crippen molar-refractivity contribution in [3.63, 3.8) is 0 Å². The highest BCUT2D eigenvalue weighted by atomic mass is 35.5. The fraction of sp³-hybridized carbons (Fsp3) is 0.500. The van der Waals surface area contributed by atoms with E-state index in [0.29, 0.717) is 21.6 Å². The molecule has 0 bridgehead atoms. The summed E-state index contributed by atoms with van der Waals surface area (Å²) in [5.41, 5.74) is 0.594. The molecule has 0 unspecified atom stereocenters. The number of anilines is 1. The molecule has 0 spiro atoms. The molecule has 2 N–H and O–H groups in total. The topological polar surface area (TPSA) is 87.2 Å². The summed E-state index contributed by atoms with van der Waals surface area (Å²) in [5, 5.41) is 14.4. The smallest absolute Gasteiger partial charge is 0.286 e. The van der Waals surface area contributed by atoms with Crippen LogP contribution in [0.5, 0.6) is 0 Å². The Morgan fingerprint density at radius 1 is 1.17 bits per heavy atom. The van der Waals surface area contributed by atoms with Crippen molar-refractivity contribution < 1.29 is 9.59 Å². The zero-order valence-electron chi connectivity index (χ0n) is 16.7. The molecule has 0 saturated carbocycles. The van der Waals surface area contributed by atoms with E-state index < -0.39 is 0 Å². The van der Waals surface area contributed by atoms with Crippen LogP contribution in [-0.4, -0.2) is 58.8 Å². The fourth-order valence-electron chi connectivity index (χ4n) is 3.18. The molecule has 30 heavy (non-hydrogen) atoms. The van der Waals surface area contributed by atoms with Gasteiger partial charge in [0.25, 0.3) is 5.91 Å². The van der Waals surface area contributed by atoms with Gasteiger partial charge in [0.1, 0.15) is 0 Å². The number of thioether (sulfide) groups is 1. The van der Waals surface area contributed by atoms with E-state index in [0.717, 1.165) is 24.3 Å². The maximum Gasteiger partial charge on any atom is 0.286 e. The molecule has 2 amide bonds. The maximum atomic E-state index is 12.3. The van der Waals surface area contributed by atoms with E-state index in [1.54, 1.807) is 24.3 Å². The first-order valence-electron chi connectivity index (χ1n) is 10.1. The Morgan fingerprint density at radius 3 is 2.73 bits per heavy atom. The number of aromatic nitrogens is 2. The first-order chi connectivity index (χ1) is 14.6. The van der Waals surface area contributed by atoms with Crippen LogP contribution in [0.2, 0.25) is 5.02 Å². The SMILES string of the molecule is O=C(CSc1nnc(C(=O)Nc2cccc(Cl)c2)s1)NCCCN1CCCCCC1. The predicted octanol–water partition coefficient (Wildman–Crippen LogP) is 3.92. The number of amides is 2. The van der Waals surface area contributed by atoms with E-state index in [4.69, 9.17) is 11.6 Å². The lowest BCUT2D eigenvalue weighted by Gasteiger charge is -2.19. The van der Waals surface area contributed by atoms with E-state index in [9.17, 15) is 9.59 Å². The van der Waals surface area contributed by atoms with Gasteiger partial charge in [-0.25, -0.2) is 0 Å². The molecule has 2 heterocycles. The third-order valence-electron chi connectivity index (χ3n) is 4.68. The van der Waals surface area contributed by atoms with Gasteiger partial charge in [0.2, 0.25) is 10.9 Å². The number of likely N-dealkylation sites (tertiary alicyclic amines) is 1. The van der Waals surface area contributed by atoms with Crippen molar-refractivity contribution in [1.82, 2.24) is 20.4 Å². The third-order valence-corrected chi connectivity index (χ3v) is 6.97. The number of rotatable bonds is 9. The molecule has 0 aliphatic carbocycles. The maximum absolute atomic E-state index is 12.3. The normalized spacial score (nSPS) is 14.8. The van der Waals surface area contributed by atoms with Gasteiger partial charge in [0, 0.05) is 17.3 Å². The lowest BCUT2D eigenvalue weighted by molar-refractivity contribution is -0.118. The number of hydrogen-bond donors (Lipinski definition) is 2. The molecule has 0 atom stereocenters. The second kappa shape index (κ2) is 12.2. The molecule has 7 nitrogen and oxygen atoms in total. The van der Waals surface area contributed by atoms with Gasteiger partial charge in [-0.15, -0.1) is 10.2 Å². The van der Waals surface area contributed by atoms with Gasteiger partial charge in [0.05, 0.1) is 5.75 Å². The highest BCUT2D eigenvalue weighted by Gasteiger charge is 2.15. The largest absolute Gasteiger partial charge is 0.355 e. The first-order valence-corrected chi connectivity index (χ1v) is 12.3. The summed E-state index contributed by atoms with van der Waals surface area (Å²) in [5.74, 6) is -0.121. The van der Waals surface area contributed by atoms with Crippen molar-refractivity contribution in [3.05, 3.63) is 34.3 Å². The molecule has 1 aromatic heterocycles. The van der Waals surface area contributed by atoms with E-state index >= 15 is 0 Å². The van der Waals surface area contributed by atoms with Crippen LogP contribution < -0.4 is 10.6 Å². The van der Waals surface area contributed by atoms with Gasteiger partial charge in [-0.05, 0) is 57.1 Å². The van der Waals surface area contributed by atoms with E-state index in [1.807, 2.05) is 0 Å². The van der Waals surface area contributed by atoms with Gasteiger partial charge in [-0.3, -0.25) is 9.59 Å². The summed E-state index contributed by atoms with van der Waals surface area (Å²) in [7, 11) is 0. The summed E-state index contributed by atoms with van der Waals surface area (Å²) in [6.07, 6.45) is 6.19. The van der Waals surface area contributed by atoms with Crippen LogP contribution in [0.1, 0.15) is 41.9 Å². The van der Waals surface area contributed by atoms with Crippen molar-refractivity contribution in [2.24, 2.45) is 0 Å². The number of nitrogens with zero attached hydrogens (tertiary/aromatic N) is 3. The number of hydrogen-bond acceptors (Lipinski definition) is 7. The molecule has 1 aromatic carbocycles. The molecule has 1 saturated heterocycles. The van der Waals surface area contributed by atoms with E-state index in [2.05, 4.69) is 25.7 Å². The molecule has 10 heteroatoms. The molecule has 1 fully saturated rings. The first kappa shape index (κ1) is 23.0. The van der Waals surface area contributed by atoms with Crippen molar-refractivity contribution in [2.75, 3.05) is 37.2 Å². The highest BCUT2D eigenvalue weighted by Crippen LogP contribution is 2.23. The van der Waals surface area contributed by atoms with Crippen LogP contribution in [0.4, 0.5) is 5.69 Å². The van der Waals surface area contributed by atoms with Gasteiger partial charge in [-0.2, -0.15) is 0 Å². The lowest BCUT2D eigenvalue weighted by atomic mass is 10.2. The Morgan fingerprint density at radius 2 is 1.97 bits per heavy atom. The summed E-state index contributed by atoms with van der Waals surface area (Å²) in [6, 6.07) is 6.90. The minimum atomic E-state index is -0.348. The Hall–Kier alpha value is -1.68. The van der Waals surface area contributed by atoms with E-state index in [1.165, 1.54) is 50.5 Å². The van der Waals surface area contributed by atoms with Gasteiger partial charge < -0.3 is 15.5 Å². The van der Waals surface area contributed by atoms with Crippen molar-refractivity contribution in [3.8, 4) is 0 Å². The predicted molar refractivity (Wildman–Crippen MR) is 123 cm³/mol. The molecule has 0 radical (unpaired) electrons. The minimum absolute atomic E-state index is 0.0315. The molecule has 1 aliphatic heterocycles. The van der Waals surface area contributed by atoms with Crippen LogP contribution in [0.15, 0.2) is 28.6 Å². The Balaban J connectivity index is 1.34. The summed E-state index contributed by atoms with van der Waals surface area (Å²) in [6.45, 7) is 4.07. The summed E-state index contributed by atoms with van der Waals surface area (Å²) < 4.78 is 0.589. The number of carbonyl (C=O) groups excluding carboxylic acids is 2. The van der Waals surface area contributed by atoms with Crippen molar-refractivity contribution in [2.45, 2.75) is 36.4 Å². The zero-order chi connectivity index (χ0) is 21.2. The van der Waals surface area contributed by atoms with Crippen LogP contribution in [0.3, 0.4) is 0 Å². The van der Waals surface area contributed by atoms with E-state index in [-0.39, 0.29) is 22.6 Å². The zero-order valence-corrected chi connectivity index (χ0v) is 19.1. The lowest BCUT2D eigenvalue weighted by Crippen LogP contribution is -2.31. The van der Waals surface area contributed by atoms with Crippen LogP contribution in [-0.2, 0) is 4.79 Å². The van der Waals surface area contributed by atoms with Crippen molar-refractivity contribution in [1.29, 1.82) is 0 Å². The minimum Gasteiger partial charge on any atom is -0.355 e.